The Labute approximate surface area is 252 Å². The molecule has 1 amide bonds. The molecule has 2 bridgehead atoms. The van der Waals surface area contributed by atoms with Gasteiger partial charge in [-0.25, -0.2) is 0 Å². The van der Waals surface area contributed by atoms with Gasteiger partial charge in [-0.1, -0.05) is 42.5 Å². The second-order valence-corrected chi connectivity index (χ2v) is 13.6. The van der Waals surface area contributed by atoms with Crippen molar-refractivity contribution in [2.75, 3.05) is 19.6 Å². The first-order chi connectivity index (χ1) is 20.8. The van der Waals surface area contributed by atoms with Crippen LogP contribution in [0.4, 0.5) is 0 Å². The van der Waals surface area contributed by atoms with Crippen molar-refractivity contribution in [2.45, 2.75) is 80.6 Å². The Hall–Kier alpha value is -3.39. The lowest BCUT2D eigenvalue weighted by Crippen LogP contribution is -2.71. The fourth-order valence-electron chi connectivity index (χ4n) is 8.58. The van der Waals surface area contributed by atoms with Crippen molar-refractivity contribution in [3.63, 3.8) is 0 Å². The largest absolute Gasteiger partial charge is 0.508 e. The zero-order chi connectivity index (χ0) is 29.3. The number of ether oxygens (including phenoxy) is 1. The molecule has 5 atom stereocenters. The molecule has 8 rings (SSSR count). The van der Waals surface area contributed by atoms with E-state index in [1.165, 1.54) is 12.8 Å². The molecule has 2 aliphatic heterocycles. The fourth-order valence-corrected chi connectivity index (χ4v) is 8.58. The van der Waals surface area contributed by atoms with Crippen LogP contribution in [-0.4, -0.2) is 69.6 Å². The van der Waals surface area contributed by atoms with E-state index >= 15 is 0 Å². The van der Waals surface area contributed by atoms with Crippen molar-refractivity contribution in [1.82, 2.24) is 10.2 Å². The second kappa shape index (κ2) is 10.1. The molecule has 5 aliphatic rings. The van der Waals surface area contributed by atoms with Gasteiger partial charge in [0.2, 0.25) is 0 Å². The Bertz CT molecular complexity index is 1550. The van der Waals surface area contributed by atoms with Crippen LogP contribution < -0.4 is 5.32 Å². The Morgan fingerprint density at radius 2 is 1.67 bits per heavy atom. The highest BCUT2D eigenvalue weighted by atomic mass is 16.6. The third kappa shape index (κ3) is 4.55. The highest BCUT2D eigenvalue weighted by Crippen LogP contribution is 2.62. The number of phenolic OH excluding ortho intramolecular Hbond substituents is 2. The molecule has 2 heterocycles. The molecule has 7 nitrogen and oxygen atoms in total. The average molecular weight is 581 g/mol. The van der Waals surface area contributed by atoms with E-state index in [2.05, 4.69) is 22.3 Å². The minimum atomic E-state index is -0.942. The number of hydrogen-bond donors (Lipinski definition) is 4. The van der Waals surface area contributed by atoms with E-state index in [1.807, 2.05) is 30.3 Å². The first-order valence-corrected chi connectivity index (χ1v) is 16.0. The van der Waals surface area contributed by atoms with Crippen LogP contribution in [0, 0.1) is 5.92 Å². The van der Waals surface area contributed by atoms with Gasteiger partial charge in [-0.05, 0) is 104 Å². The number of hydrogen-bond acceptors (Lipinski definition) is 6. The molecular weight excluding hydrogens is 540 g/mol. The van der Waals surface area contributed by atoms with Gasteiger partial charge in [0.25, 0.3) is 5.91 Å². The van der Waals surface area contributed by atoms with E-state index in [-0.39, 0.29) is 41.2 Å². The summed E-state index contributed by atoms with van der Waals surface area (Å²) >= 11 is 0. The number of likely N-dealkylation sites (tertiary alicyclic amines) is 1. The number of benzene rings is 3. The van der Waals surface area contributed by atoms with Crippen LogP contribution in [0.2, 0.25) is 0 Å². The van der Waals surface area contributed by atoms with E-state index in [9.17, 15) is 20.1 Å². The van der Waals surface area contributed by atoms with Gasteiger partial charge in [0.1, 0.15) is 11.5 Å². The molecular formula is C36H40N2O5. The van der Waals surface area contributed by atoms with Gasteiger partial charge in [0.05, 0.1) is 23.4 Å². The van der Waals surface area contributed by atoms with Crippen molar-refractivity contribution in [2.24, 2.45) is 5.92 Å². The third-order valence-electron chi connectivity index (χ3n) is 11.1. The maximum Gasteiger partial charge on any atom is 0.255 e. The summed E-state index contributed by atoms with van der Waals surface area (Å²) in [5, 5.41) is 37.0. The number of carbonyl (C=O) groups excluding carboxylic acids is 1. The first kappa shape index (κ1) is 27.2. The number of epoxide rings is 1. The van der Waals surface area contributed by atoms with E-state index in [0.717, 1.165) is 59.7 Å². The van der Waals surface area contributed by atoms with Gasteiger partial charge >= 0.3 is 0 Å². The predicted octanol–water partition coefficient (Wildman–Crippen LogP) is 4.70. The lowest BCUT2D eigenvalue weighted by molar-refractivity contribution is -0.156. The molecule has 43 heavy (non-hydrogen) atoms. The standard InChI is InChI=1S/C36H40N2O5/c39-27-10-7-25(8-11-27)24-5-3-22(4-6-24)14-17-37-34(41)28-12-9-26-19-31-36(42)15-13-29-30(43-29)20-35(36,32(26)33(28)40)16-18-38(31)21-23-1-2-23/h3-12,23,29-31,39-40,42H,1-2,13-21H2,(H,37,41). The zero-order valence-corrected chi connectivity index (χ0v) is 24.5. The van der Waals surface area contributed by atoms with Crippen LogP contribution >= 0.6 is 0 Å². The number of fused-ring (bicyclic) bond motifs is 2. The number of aromatic hydroxyl groups is 2. The van der Waals surface area contributed by atoms with Crippen molar-refractivity contribution in [3.05, 3.63) is 82.9 Å². The molecule has 3 aromatic rings. The predicted molar refractivity (Wildman–Crippen MR) is 163 cm³/mol. The van der Waals surface area contributed by atoms with Crippen LogP contribution in [0.15, 0.2) is 60.7 Å². The maximum absolute atomic E-state index is 13.5. The number of piperidine rings is 1. The highest BCUT2D eigenvalue weighted by molar-refractivity contribution is 5.97. The van der Waals surface area contributed by atoms with E-state index in [4.69, 9.17) is 4.74 Å². The minimum absolute atomic E-state index is 0.0337. The Balaban J connectivity index is 1.02. The van der Waals surface area contributed by atoms with Crippen molar-refractivity contribution < 1.29 is 24.9 Å². The molecule has 4 fully saturated rings. The smallest absolute Gasteiger partial charge is 0.255 e. The Morgan fingerprint density at radius 3 is 2.42 bits per heavy atom. The number of rotatable bonds is 7. The SMILES string of the molecule is O=C(NCCc1ccc(-c2ccc(O)cc2)cc1)c1ccc2c(c1O)C13CCN(CC4CC4)C(C2)C1(O)CCC1OC1C3. The van der Waals surface area contributed by atoms with Gasteiger partial charge in [-0.3, -0.25) is 9.69 Å². The Morgan fingerprint density at radius 1 is 0.930 bits per heavy atom. The van der Waals surface area contributed by atoms with Crippen LogP contribution in [-0.2, 0) is 23.0 Å². The maximum atomic E-state index is 13.5. The number of aliphatic hydroxyl groups is 1. The first-order valence-electron chi connectivity index (χ1n) is 16.0. The number of carbonyl (C=O) groups is 1. The molecule has 5 unspecified atom stereocenters. The van der Waals surface area contributed by atoms with Crippen LogP contribution in [0.5, 0.6) is 11.5 Å². The third-order valence-corrected chi connectivity index (χ3v) is 11.1. The molecule has 3 aliphatic carbocycles. The lowest BCUT2D eigenvalue weighted by Gasteiger charge is -2.62. The van der Waals surface area contributed by atoms with Crippen LogP contribution in [0.1, 0.15) is 65.6 Å². The van der Waals surface area contributed by atoms with Crippen LogP contribution in [0.25, 0.3) is 11.1 Å². The average Bonchev–Trinajstić information content (AvgIpc) is 3.93. The van der Waals surface area contributed by atoms with Crippen molar-refractivity contribution in [1.29, 1.82) is 0 Å². The molecule has 0 radical (unpaired) electrons. The quantitative estimate of drug-likeness (QED) is 0.302. The number of nitrogens with zero attached hydrogens (tertiary/aromatic N) is 1. The summed E-state index contributed by atoms with van der Waals surface area (Å²) in [7, 11) is 0. The summed E-state index contributed by atoms with van der Waals surface area (Å²) in [6.07, 6.45) is 7.24. The number of nitrogens with one attached hydrogen (secondary N) is 1. The molecule has 0 aromatic heterocycles. The molecule has 7 heteroatoms. The van der Waals surface area contributed by atoms with Crippen molar-refractivity contribution >= 4 is 5.91 Å². The minimum Gasteiger partial charge on any atom is -0.508 e. The summed E-state index contributed by atoms with van der Waals surface area (Å²) < 4.78 is 6.01. The molecule has 3 aromatic carbocycles. The normalized spacial score (nSPS) is 30.9. The van der Waals surface area contributed by atoms with Crippen LogP contribution in [0.3, 0.4) is 0 Å². The van der Waals surface area contributed by atoms with E-state index in [1.54, 1.807) is 18.2 Å². The summed E-state index contributed by atoms with van der Waals surface area (Å²) in [4.78, 5) is 16.0. The fraction of sp³-hybridized carbons (Fsp3) is 0.472. The van der Waals surface area contributed by atoms with E-state index < -0.39 is 11.0 Å². The molecule has 2 saturated carbocycles. The summed E-state index contributed by atoms with van der Waals surface area (Å²) in [6.45, 7) is 2.40. The molecule has 2 saturated heterocycles. The van der Waals surface area contributed by atoms with Gasteiger partial charge < -0.3 is 25.4 Å². The van der Waals surface area contributed by atoms with Gasteiger partial charge in [-0.2, -0.15) is 0 Å². The van der Waals surface area contributed by atoms with Gasteiger partial charge in [0.15, 0.2) is 0 Å². The van der Waals surface area contributed by atoms with Gasteiger partial charge in [-0.15, -0.1) is 0 Å². The molecule has 4 N–H and O–H groups in total. The van der Waals surface area contributed by atoms with Crippen molar-refractivity contribution in [3.8, 4) is 22.6 Å². The van der Waals surface area contributed by atoms with E-state index in [0.29, 0.717) is 32.2 Å². The lowest BCUT2D eigenvalue weighted by atomic mass is 9.52. The summed E-state index contributed by atoms with van der Waals surface area (Å²) in [5.74, 6) is 0.745. The number of amides is 1. The molecule has 224 valence electrons. The summed E-state index contributed by atoms with van der Waals surface area (Å²) in [5.41, 5.74) is 3.79. The Kier molecular flexibility index (Phi) is 6.37. The topological polar surface area (TPSA) is 106 Å². The number of phenols is 2. The zero-order valence-electron chi connectivity index (χ0n) is 24.5. The molecule has 0 spiro atoms. The monoisotopic (exact) mass is 580 g/mol. The second-order valence-electron chi connectivity index (χ2n) is 13.6. The van der Waals surface area contributed by atoms with Gasteiger partial charge in [0, 0.05) is 30.1 Å². The highest BCUT2D eigenvalue weighted by Gasteiger charge is 2.67. The summed E-state index contributed by atoms with van der Waals surface area (Å²) in [6, 6.07) is 19.2.